The number of rotatable bonds is 2. The molecule has 3 aromatic heterocycles. The number of aromatic nitrogens is 4. The van der Waals surface area contributed by atoms with Gasteiger partial charge in [0.25, 0.3) is 0 Å². The van der Waals surface area contributed by atoms with Gasteiger partial charge in [0.15, 0.2) is 0 Å². The van der Waals surface area contributed by atoms with Crippen molar-refractivity contribution in [2.45, 2.75) is 5.41 Å². The van der Waals surface area contributed by atoms with Crippen molar-refractivity contribution >= 4 is 49.4 Å². The highest BCUT2D eigenvalue weighted by molar-refractivity contribution is 6.11. The summed E-state index contributed by atoms with van der Waals surface area (Å²) in [6, 6.07) is 66.5. The summed E-state index contributed by atoms with van der Waals surface area (Å²) in [7, 11) is 0. The van der Waals surface area contributed by atoms with E-state index in [-0.39, 0.29) is 5.41 Å². The second-order valence-corrected chi connectivity index (χ2v) is 14.9. The van der Waals surface area contributed by atoms with Crippen molar-refractivity contribution in [2.75, 3.05) is 0 Å². The first-order chi connectivity index (χ1) is 27.3. The molecule has 2 aliphatic carbocycles. The Hall–Kier alpha value is -7.30. The molecule has 11 aromatic rings. The van der Waals surface area contributed by atoms with E-state index in [1.54, 1.807) is 0 Å². The van der Waals surface area contributed by atoms with Crippen LogP contribution in [0.2, 0.25) is 0 Å². The fraction of sp³-hybridized carbons (Fsp3) is 0.0196. The van der Waals surface area contributed by atoms with E-state index >= 15 is 0 Å². The monoisotopic (exact) mass is 698 g/mol. The maximum Gasteiger partial charge on any atom is 0.221 e. The van der Waals surface area contributed by atoms with Gasteiger partial charge in [0.05, 0.1) is 33.0 Å². The predicted octanol–water partition coefficient (Wildman–Crippen LogP) is 12.1. The van der Waals surface area contributed by atoms with Crippen LogP contribution in [0.1, 0.15) is 22.3 Å². The second kappa shape index (κ2) is 10.4. The summed E-state index contributed by atoms with van der Waals surface area (Å²) >= 11 is 0. The zero-order valence-corrected chi connectivity index (χ0v) is 29.6. The summed E-state index contributed by atoms with van der Waals surface area (Å²) in [6.07, 6.45) is 0. The zero-order valence-electron chi connectivity index (χ0n) is 29.6. The van der Waals surface area contributed by atoms with E-state index in [9.17, 15) is 0 Å². The van der Waals surface area contributed by atoms with Crippen molar-refractivity contribution in [1.29, 1.82) is 0 Å². The highest BCUT2D eigenvalue weighted by Crippen LogP contribution is 2.63. The molecular weight excluding hydrogens is 669 g/mol. The summed E-state index contributed by atoms with van der Waals surface area (Å²) in [4.78, 5) is 10.5. The lowest BCUT2D eigenvalue weighted by Crippen LogP contribution is -2.25. The average molecular weight is 699 g/mol. The van der Waals surface area contributed by atoms with Gasteiger partial charge in [0.1, 0.15) is 5.65 Å². The Morgan fingerprint density at radius 3 is 1.62 bits per heavy atom. The Morgan fingerprint density at radius 2 is 0.891 bits per heavy atom. The van der Waals surface area contributed by atoms with Crippen LogP contribution >= 0.6 is 0 Å². The number of para-hydroxylation sites is 4. The number of benzene rings is 8. The molecule has 4 heteroatoms. The third-order valence-corrected chi connectivity index (χ3v) is 12.3. The number of hydrogen-bond acceptors (Lipinski definition) is 2. The Morgan fingerprint density at radius 1 is 0.364 bits per heavy atom. The molecule has 55 heavy (non-hydrogen) atoms. The minimum atomic E-state index is -0.379. The molecule has 0 N–H and O–H groups in total. The van der Waals surface area contributed by atoms with Crippen LogP contribution in [-0.2, 0) is 5.41 Å². The Bertz CT molecular complexity index is 3390. The molecule has 8 aromatic carbocycles. The van der Waals surface area contributed by atoms with Gasteiger partial charge in [-0.15, -0.1) is 0 Å². The second-order valence-electron chi connectivity index (χ2n) is 14.9. The van der Waals surface area contributed by atoms with Crippen molar-refractivity contribution in [1.82, 2.24) is 18.9 Å². The maximum absolute atomic E-state index is 5.37. The van der Waals surface area contributed by atoms with Gasteiger partial charge in [-0.3, -0.25) is 8.97 Å². The van der Waals surface area contributed by atoms with Crippen LogP contribution in [0.15, 0.2) is 182 Å². The largest absolute Gasteiger partial charge is 0.279 e. The lowest BCUT2D eigenvalue weighted by atomic mass is 9.70. The number of nitrogens with zero attached hydrogens (tertiary/aromatic N) is 4. The van der Waals surface area contributed by atoms with E-state index in [0.717, 1.165) is 44.6 Å². The first-order valence-electron chi connectivity index (χ1n) is 18.9. The molecule has 0 amide bonds. The lowest BCUT2D eigenvalue weighted by molar-refractivity contribution is 0.794. The molecule has 0 radical (unpaired) electrons. The summed E-state index contributed by atoms with van der Waals surface area (Å²) in [6.45, 7) is 0. The van der Waals surface area contributed by atoms with E-state index in [1.165, 1.54) is 66.4 Å². The molecule has 0 fully saturated rings. The molecule has 254 valence electrons. The molecule has 0 saturated heterocycles. The molecule has 0 saturated carbocycles. The SMILES string of the molecule is c1ccc2c(c1)-c1ccccc1C21c2ccccc2-c2ccc(-c3ccc4c(c3)c3ccccc3n4-c3nc4ccccc4c4nc5ccccc5n34)cc21. The molecule has 2 aliphatic rings. The smallest absolute Gasteiger partial charge is 0.221 e. The van der Waals surface area contributed by atoms with Gasteiger partial charge in [-0.1, -0.05) is 133 Å². The molecule has 0 atom stereocenters. The molecule has 13 rings (SSSR count). The summed E-state index contributed by atoms with van der Waals surface area (Å²) in [5, 5.41) is 3.42. The fourth-order valence-electron chi connectivity index (χ4n) is 10.1. The van der Waals surface area contributed by atoms with Crippen LogP contribution < -0.4 is 0 Å². The Kier molecular flexibility index (Phi) is 5.54. The predicted molar refractivity (Wildman–Crippen MR) is 224 cm³/mol. The van der Waals surface area contributed by atoms with E-state index in [2.05, 4.69) is 191 Å². The topological polar surface area (TPSA) is 35.1 Å². The zero-order chi connectivity index (χ0) is 35.8. The molecule has 4 nitrogen and oxygen atoms in total. The van der Waals surface area contributed by atoms with Crippen molar-refractivity contribution in [3.8, 4) is 39.3 Å². The van der Waals surface area contributed by atoms with Gasteiger partial charge >= 0.3 is 0 Å². The lowest BCUT2D eigenvalue weighted by Gasteiger charge is -2.30. The van der Waals surface area contributed by atoms with Crippen LogP contribution in [0.25, 0.3) is 88.7 Å². The summed E-state index contributed by atoms with van der Waals surface area (Å²) in [5.41, 5.74) is 18.8. The number of fused-ring (bicyclic) bond motifs is 18. The van der Waals surface area contributed by atoms with E-state index in [0.29, 0.717) is 0 Å². The standard InChI is InChI=1S/C51H30N4/c1-6-18-40-33(13-1)34-14-2-7-19-41(34)51(40)42-20-8-3-15-35(42)36-27-25-32(30-43(36)51)31-26-28-47-39(29-31)37-16-5-11-23-46(37)54(47)50-53-44-21-9-4-17-38(44)49-52-45-22-10-12-24-48(45)55(49)50/h1-30H. The van der Waals surface area contributed by atoms with Gasteiger partial charge in [0.2, 0.25) is 5.95 Å². The molecule has 0 unspecified atom stereocenters. The maximum atomic E-state index is 5.37. The molecule has 0 aliphatic heterocycles. The van der Waals surface area contributed by atoms with Gasteiger partial charge in [-0.2, -0.15) is 0 Å². The first kappa shape index (κ1) is 29.2. The molecule has 3 heterocycles. The normalized spacial score (nSPS) is 13.6. The van der Waals surface area contributed by atoms with Gasteiger partial charge in [0, 0.05) is 16.2 Å². The van der Waals surface area contributed by atoms with Gasteiger partial charge < -0.3 is 0 Å². The highest BCUT2D eigenvalue weighted by atomic mass is 15.2. The van der Waals surface area contributed by atoms with Gasteiger partial charge in [-0.05, 0) is 104 Å². The quantitative estimate of drug-likeness (QED) is 0.180. The molecule has 0 bridgehead atoms. The van der Waals surface area contributed by atoms with Crippen LogP contribution in [0, 0.1) is 0 Å². The minimum Gasteiger partial charge on any atom is -0.279 e. The van der Waals surface area contributed by atoms with Gasteiger partial charge in [-0.25, -0.2) is 9.97 Å². The van der Waals surface area contributed by atoms with Crippen molar-refractivity contribution in [3.63, 3.8) is 0 Å². The number of imidazole rings is 1. The molecular formula is C51H30N4. The van der Waals surface area contributed by atoms with Crippen molar-refractivity contribution in [2.24, 2.45) is 0 Å². The third-order valence-electron chi connectivity index (χ3n) is 12.3. The van der Waals surface area contributed by atoms with Crippen molar-refractivity contribution < 1.29 is 0 Å². The third kappa shape index (κ3) is 3.61. The summed E-state index contributed by atoms with van der Waals surface area (Å²) in [5.74, 6) is 0.831. The average Bonchev–Trinajstić information content (AvgIpc) is 3.97. The minimum absolute atomic E-state index is 0.379. The van der Waals surface area contributed by atoms with Crippen molar-refractivity contribution in [3.05, 3.63) is 204 Å². The Labute approximate surface area is 316 Å². The molecule has 1 spiro atoms. The van der Waals surface area contributed by atoms with E-state index in [4.69, 9.17) is 9.97 Å². The van der Waals surface area contributed by atoms with Crippen LogP contribution in [-0.4, -0.2) is 18.9 Å². The van der Waals surface area contributed by atoms with E-state index < -0.39 is 0 Å². The van der Waals surface area contributed by atoms with E-state index in [1.807, 2.05) is 0 Å². The van der Waals surface area contributed by atoms with Crippen LogP contribution in [0.3, 0.4) is 0 Å². The fourth-order valence-corrected chi connectivity index (χ4v) is 10.1. The summed E-state index contributed by atoms with van der Waals surface area (Å²) < 4.78 is 4.55. The number of hydrogen-bond donors (Lipinski definition) is 0. The first-order valence-corrected chi connectivity index (χ1v) is 18.9. The Balaban J connectivity index is 1.07. The highest BCUT2D eigenvalue weighted by Gasteiger charge is 2.51. The van der Waals surface area contributed by atoms with Crippen LogP contribution in [0.4, 0.5) is 0 Å². The van der Waals surface area contributed by atoms with Crippen LogP contribution in [0.5, 0.6) is 0 Å².